The van der Waals surface area contributed by atoms with Gasteiger partial charge in [-0.3, -0.25) is 4.79 Å². The lowest BCUT2D eigenvalue weighted by Gasteiger charge is -2.13. The van der Waals surface area contributed by atoms with Gasteiger partial charge >= 0.3 is 0 Å². The maximum Gasteiger partial charge on any atom is 0.211 e. The molecule has 1 amide bonds. The van der Waals surface area contributed by atoms with Crippen molar-refractivity contribution in [2.24, 2.45) is 0 Å². The van der Waals surface area contributed by atoms with Crippen molar-refractivity contribution in [2.45, 2.75) is 6.92 Å². The van der Waals surface area contributed by atoms with E-state index in [1.165, 1.54) is 0 Å². The summed E-state index contributed by atoms with van der Waals surface area (Å²) in [5.41, 5.74) is 3.16. The maximum atomic E-state index is 10.5. The first kappa shape index (κ1) is 12.9. The zero-order valence-electron chi connectivity index (χ0n) is 9.71. The number of rotatable bonds is 3. The van der Waals surface area contributed by atoms with Crippen LogP contribution >= 0.6 is 23.2 Å². The summed E-state index contributed by atoms with van der Waals surface area (Å²) in [7, 11) is 0. The van der Waals surface area contributed by atoms with Gasteiger partial charge in [-0.25, -0.2) is 0 Å². The molecule has 0 radical (unpaired) electrons. The number of carbonyl (C=O) groups is 1. The van der Waals surface area contributed by atoms with E-state index in [0.29, 0.717) is 22.1 Å². The van der Waals surface area contributed by atoms with Gasteiger partial charge in [-0.15, -0.1) is 0 Å². The Labute approximate surface area is 116 Å². The van der Waals surface area contributed by atoms with Crippen LogP contribution in [0.15, 0.2) is 36.4 Å². The molecule has 0 saturated carbocycles. The fourth-order valence-corrected chi connectivity index (χ4v) is 2.47. The molecule has 0 aliphatic rings. The average Bonchev–Trinajstić information content (AvgIpc) is 2.37. The van der Waals surface area contributed by atoms with Crippen LogP contribution < -0.4 is 5.32 Å². The van der Waals surface area contributed by atoms with Crippen LogP contribution in [0.1, 0.15) is 5.56 Å². The molecule has 0 bridgehead atoms. The van der Waals surface area contributed by atoms with E-state index < -0.39 is 0 Å². The van der Waals surface area contributed by atoms with Crippen LogP contribution in [0.25, 0.3) is 11.1 Å². The number of hydrogen-bond acceptors (Lipinski definition) is 1. The molecule has 0 heterocycles. The van der Waals surface area contributed by atoms with Crippen LogP contribution in [-0.4, -0.2) is 6.41 Å². The molecule has 18 heavy (non-hydrogen) atoms. The molecule has 0 aliphatic carbocycles. The van der Waals surface area contributed by atoms with E-state index in [9.17, 15) is 4.79 Å². The van der Waals surface area contributed by atoms with Gasteiger partial charge in [0.1, 0.15) is 0 Å². The summed E-state index contributed by atoms with van der Waals surface area (Å²) < 4.78 is 0. The summed E-state index contributed by atoms with van der Waals surface area (Å²) in [6, 6.07) is 11.4. The van der Waals surface area contributed by atoms with Crippen LogP contribution in [0.2, 0.25) is 10.0 Å². The van der Waals surface area contributed by atoms with Gasteiger partial charge in [0.2, 0.25) is 6.41 Å². The van der Waals surface area contributed by atoms with Crippen LogP contribution in [-0.2, 0) is 4.79 Å². The van der Waals surface area contributed by atoms with E-state index in [4.69, 9.17) is 23.2 Å². The molecule has 2 rings (SSSR count). The second-order valence-corrected chi connectivity index (χ2v) is 4.63. The van der Waals surface area contributed by atoms with Crippen molar-refractivity contribution in [3.05, 3.63) is 52.0 Å². The average molecular weight is 280 g/mol. The molecule has 0 atom stereocenters. The Morgan fingerprint density at radius 2 is 1.83 bits per heavy atom. The Morgan fingerprint density at radius 1 is 1.17 bits per heavy atom. The Kier molecular flexibility index (Phi) is 3.90. The molecule has 92 valence electrons. The van der Waals surface area contributed by atoms with Gasteiger partial charge in [0, 0.05) is 11.3 Å². The minimum atomic E-state index is 0.515. The maximum absolute atomic E-state index is 10.5. The minimum Gasteiger partial charge on any atom is -0.328 e. The molecule has 0 aromatic heterocycles. The van der Waals surface area contributed by atoms with E-state index in [2.05, 4.69) is 5.32 Å². The van der Waals surface area contributed by atoms with E-state index >= 15 is 0 Å². The fourth-order valence-electron chi connectivity index (χ4n) is 1.80. The first-order chi connectivity index (χ1) is 8.65. The van der Waals surface area contributed by atoms with E-state index in [1.54, 1.807) is 6.07 Å². The third-order valence-electron chi connectivity index (χ3n) is 2.74. The van der Waals surface area contributed by atoms with Crippen molar-refractivity contribution in [1.29, 1.82) is 0 Å². The van der Waals surface area contributed by atoms with Gasteiger partial charge in [0.15, 0.2) is 0 Å². The van der Waals surface area contributed by atoms with Gasteiger partial charge in [-0.05, 0) is 24.1 Å². The van der Waals surface area contributed by atoms with Crippen LogP contribution in [0, 0.1) is 6.92 Å². The van der Waals surface area contributed by atoms with Gasteiger partial charge < -0.3 is 5.32 Å². The summed E-state index contributed by atoms with van der Waals surface area (Å²) in [6.45, 7) is 1.84. The number of hydrogen-bond donors (Lipinski definition) is 1. The molecule has 4 heteroatoms. The van der Waals surface area contributed by atoms with E-state index in [1.807, 2.05) is 37.3 Å². The third-order valence-corrected chi connectivity index (χ3v) is 3.51. The summed E-state index contributed by atoms with van der Waals surface area (Å²) in [5, 5.41) is 3.66. The molecule has 0 aliphatic heterocycles. The first-order valence-electron chi connectivity index (χ1n) is 5.39. The molecule has 0 unspecified atom stereocenters. The Balaban J connectivity index is 2.63. The lowest BCUT2D eigenvalue weighted by Crippen LogP contribution is -1.98. The highest BCUT2D eigenvalue weighted by Gasteiger charge is 2.14. The SMILES string of the molecule is Cc1c(NC=O)cc(Cl)c(-c2ccccc2)c1Cl. The smallest absolute Gasteiger partial charge is 0.211 e. The largest absolute Gasteiger partial charge is 0.328 e. The second kappa shape index (κ2) is 5.42. The molecule has 2 nitrogen and oxygen atoms in total. The summed E-state index contributed by atoms with van der Waals surface area (Å²) in [5.74, 6) is 0. The normalized spacial score (nSPS) is 10.2. The molecule has 0 spiro atoms. The van der Waals surface area contributed by atoms with Gasteiger partial charge in [-0.1, -0.05) is 53.5 Å². The molecule has 2 aromatic rings. The van der Waals surface area contributed by atoms with Crippen LogP contribution in [0.3, 0.4) is 0 Å². The molecule has 2 aromatic carbocycles. The van der Waals surface area contributed by atoms with Crippen molar-refractivity contribution in [3.63, 3.8) is 0 Å². The quantitative estimate of drug-likeness (QED) is 0.822. The molecule has 1 N–H and O–H groups in total. The van der Waals surface area contributed by atoms with Crippen molar-refractivity contribution >= 4 is 35.3 Å². The monoisotopic (exact) mass is 279 g/mol. The van der Waals surface area contributed by atoms with Crippen molar-refractivity contribution in [2.75, 3.05) is 5.32 Å². The van der Waals surface area contributed by atoms with E-state index in [-0.39, 0.29) is 0 Å². The van der Waals surface area contributed by atoms with E-state index in [0.717, 1.165) is 16.7 Å². The third kappa shape index (κ3) is 2.35. The molecular formula is C14H11Cl2NO. The standard InChI is InChI=1S/C14H11Cl2NO/c1-9-12(17-8-18)7-11(15)13(14(9)16)10-5-3-2-4-6-10/h2-8H,1H3,(H,17,18). The summed E-state index contributed by atoms with van der Waals surface area (Å²) in [6.07, 6.45) is 0.608. The van der Waals surface area contributed by atoms with Crippen molar-refractivity contribution < 1.29 is 4.79 Å². The fraction of sp³-hybridized carbons (Fsp3) is 0.0714. The lowest BCUT2D eigenvalue weighted by molar-refractivity contribution is -0.105. The highest BCUT2D eigenvalue weighted by Crippen LogP contribution is 2.40. The lowest BCUT2D eigenvalue weighted by atomic mass is 10.0. The molecule has 0 fully saturated rings. The van der Waals surface area contributed by atoms with Crippen molar-refractivity contribution in [3.8, 4) is 11.1 Å². The summed E-state index contributed by atoms with van der Waals surface area (Å²) >= 11 is 12.6. The number of carbonyl (C=O) groups excluding carboxylic acids is 1. The van der Waals surface area contributed by atoms with Gasteiger partial charge in [0.25, 0.3) is 0 Å². The number of halogens is 2. The zero-order valence-corrected chi connectivity index (χ0v) is 11.2. The topological polar surface area (TPSA) is 29.1 Å². The minimum absolute atomic E-state index is 0.515. The second-order valence-electron chi connectivity index (χ2n) is 3.85. The first-order valence-corrected chi connectivity index (χ1v) is 6.15. The highest BCUT2D eigenvalue weighted by molar-refractivity contribution is 6.40. The number of nitrogens with one attached hydrogen (secondary N) is 1. The van der Waals surface area contributed by atoms with Gasteiger partial charge in [-0.2, -0.15) is 0 Å². The van der Waals surface area contributed by atoms with Crippen LogP contribution in [0.5, 0.6) is 0 Å². The summed E-state index contributed by atoms with van der Waals surface area (Å²) in [4.78, 5) is 10.5. The Bertz CT molecular complexity index is 582. The van der Waals surface area contributed by atoms with Gasteiger partial charge in [0.05, 0.1) is 10.0 Å². The highest BCUT2D eigenvalue weighted by atomic mass is 35.5. The number of anilines is 1. The number of benzene rings is 2. The van der Waals surface area contributed by atoms with Crippen LogP contribution in [0.4, 0.5) is 5.69 Å². The van der Waals surface area contributed by atoms with Crippen molar-refractivity contribution in [1.82, 2.24) is 0 Å². The Hall–Kier alpha value is -1.51. The predicted molar refractivity (Wildman–Crippen MR) is 76.3 cm³/mol. The molecule has 0 saturated heterocycles. The Morgan fingerprint density at radius 3 is 2.44 bits per heavy atom. The zero-order chi connectivity index (χ0) is 13.1. The number of amides is 1. The molecular weight excluding hydrogens is 269 g/mol. The predicted octanol–water partition coefficient (Wildman–Crippen LogP) is 4.54.